The van der Waals surface area contributed by atoms with Gasteiger partial charge in [0.2, 0.25) is 0 Å². The van der Waals surface area contributed by atoms with Crippen LogP contribution >= 0.6 is 0 Å². The molecule has 0 aliphatic rings. The molecule has 0 radical (unpaired) electrons. The zero-order chi connectivity index (χ0) is 27.1. The minimum Gasteiger partial charge on any atom is -0.413 e. The van der Waals surface area contributed by atoms with Crippen molar-refractivity contribution in [3.8, 4) is 11.5 Å². The highest BCUT2D eigenvalue weighted by atomic mass is 28.4. The zero-order valence-corrected chi connectivity index (χ0v) is 26.8. The number of allylic oxidation sites excluding steroid dienone is 1. The molecule has 0 rings (SSSR count). The van der Waals surface area contributed by atoms with E-state index in [0.29, 0.717) is 23.0 Å². The molecule has 0 unspecified atom stereocenters. The molecule has 0 saturated heterocycles. The van der Waals surface area contributed by atoms with Crippen molar-refractivity contribution in [2.45, 2.75) is 123 Å². The number of nitrogens with zero attached hydrogens (tertiary/aromatic N) is 1. The molecule has 0 aromatic rings. The standard InChI is InChI=1S/C28H55NO3Si2/c1-16-17-25(27(30)29(12)31-13)26(32-33(14,15)28(9,10)11)20-24(8)18-19-34(21(2)3,22(4)5)23(6)7/h16,21-26H,1,17,20H2,2-15H3/t24-,25+,26-/m1/s1. The monoisotopic (exact) mass is 509 g/mol. The maximum atomic E-state index is 13.3. The predicted molar refractivity (Wildman–Crippen MR) is 153 cm³/mol. The zero-order valence-electron chi connectivity index (χ0n) is 24.8. The van der Waals surface area contributed by atoms with Crippen LogP contribution in [-0.2, 0) is 14.1 Å². The molecule has 3 atom stereocenters. The summed E-state index contributed by atoms with van der Waals surface area (Å²) >= 11 is 0. The Morgan fingerprint density at radius 1 is 1.03 bits per heavy atom. The Morgan fingerprint density at radius 2 is 1.50 bits per heavy atom. The quantitative estimate of drug-likeness (QED) is 0.116. The Kier molecular flexibility index (Phi) is 13.1. The summed E-state index contributed by atoms with van der Waals surface area (Å²) < 4.78 is 6.91. The molecule has 0 bridgehead atoms. The average molecular weight is 510 g/mol. The van der Waals surface area contributed by atoms with Crippen LogP contribution in [0.3, 0.4) is 0 Å². The summed E-state index contributed by atoms with van der Waals surface area (Å²) in [7, 11) is -0.739. The second-order valence-electron chi connectivity index (χ2n) is 12.4. The highest BCUT2D eigenvalue weighted by Gasteiger charge is 2.44. The molecule has 0 spiro atoms. The molecule has 0 aliphatic carbocycles. The summed E-state index contributed by atoms with van der Waals surface area (Å²) in [4.78, 5) is 18.5. The van der Waals surface area contributed by atoms with Crippen LogP contribution < -0.4 is 0 Å². The van der Waals surface area contributed by atoms with Gasteiger partial charge in [-0.05, 0) is 47.6 Å². The van der Waals surface area contributed by atoms with E-state index in [0.717, 1.165) is 6.42 Å². The SMILES string of the molecule is C=CC[C@H](C(=O)N(C)OC)[C@@H](C[C@H](C)C#C[Si](C(C)C)(C(C)C)C(C)C)O[Si](C)(C)C(C)(C)C. The molecule has 0 N–H and O–H groups in total. The van der Waals surface area contributed by atoms with Gasteiger partial charge in [0, 0.05) is 13.0 Å². The van der Waals surface area contributed by atoms with Crippen molar-refractivity contribution in [1.82, 2.24) is 5.06 Å². The first-order chi connectivity index (χ1) is 15.4. The molecule has 4 nitrogen and oxygen atoms in total. The summed E-state index contributed by atoms with van der Waals surface area (Å²) in [5.41, 5.74) is 5.65. The van der Waals surface area contributed by atoms with Crippen molar-refractivity contribution in [3.63, 3.8) is 0 Å². The summed E-state index contributed by atoms with van der Waals surface area (Å²) in [6.07, 6.45) is 2.86. The van der Waals surface area contributed by atoms with Gasteiger partial charge in [-0.2, -0.15) is 0 Å². The molecule has 0 heterocycles. The van der Waals surface area contributed by atoms with E-state index in [1.54, 1.807) is 7.05 Å². The molecule has 0 aromatic carbocycles. The van der Waals surface area contributed by atoms with Crippen LogP contribution in [0.25, 0.3) is 0 Å². The van der Waals surface area contributed by atoms with E-state index in [1.165, 1.54) is 12.2 Å². The summed E-state index contributed by atoms with van der Waals surface area (Å²) in [6, 6.07) is 0. The largest absolute Gasteiger partial charge is 0.413 e. The van der Waals surface area contributed by atoms with Gasteiger partial charge in [-0.25, -0.2) is 5.06 Å². The second-order valence-corrected chi connectivity index (χ2v) is 22.7. The van der Waals surface area contributed by atoms with Gasteiger partial charge >= 0.3 is 0 Å². The highest BCUT2D eigenvalue weighted by molar-refractivity contribution is 6.90. The fraction of sp³-hybridized carbons (Fsp3) is 0.821. The average Bonchev–Trinajstić information content (AvgIpc) is 2.68. The van der Waals surface area contributed by atoms with Gasteiger partial charge in [-0.15, -0.1) is 18.0 Å². The minimum absolute atomic E-state index is 0.0457. The lowest BCUT2D eigenvalue weighted by Crippen LogP contribution is -2.49. The Hall–Kier alpha value is -0.876. The van der Waals surface area contributed by atoms with Gasteiger partial charge in [0.1, 0.15) is 8.07 Å². The van der Waals surface area contributed by atoms with Crippen molar-refractivity contribution in [1.29, 1.82) is 0 Å². The van der Waals surface area contributed by atoms with Gasteiger partial charge in [0.05, 0.1) is 19.1 Å². The van der Waals surface area contributed by atoms with Crippen LogP contribution in [0.15, 0.2) is 12.7 Å². The number of hydrogen-bond acceptors (Lipinski definition) is 3. The van der Waals surface area contributed by atoms with Crippen molar-refractivity contribution >= 4 is 22.3 Å². The lowest BCUT2D eigenvalue weighted by Gasteiger charge is -2.42. The summed E-state index contributed by atoms with van der Waals surface area (Å²) in [5, 5.41) is 1.37. The lowest BCUT2D eigenvalue weighted by atomic mass is 9.90. The molecule has 0 saturated carbocycles. The number of hydrogen-bond donors (Lipinski definition) is 0. The van der Waals surface area contributed by atoms with E-state index in [4.69, 9.17) is 9.26 Å². The van der Waals surface area contributed by atoms with Crippen LogP contribution in [0.1, 0.15) is 82.1 Å². The van der Waals surface area contributed by atoms with Crippen LogP contribution in [-0.4, -0.2) is 47.6 Å². The third-order valence-corrected chi connectivity index (χ3v) is 18.8. The van der Waals surface area contributed by atoms with E-state index >= 15 is 0 Å². The summed E-state index contributed by atoms with van der Waals surface area (Å²) in [5.74, 6) is 3.38. The molecule has 0 aliphatic heterocycles. The van der Waals surface area contributed by atoms with E-state index in [1.807, 2.05) is 6.08 Å². The molecule has 6 heteroatoms. The third kappa shape index (κ3) is 8.36. The minimum atomic E-state index is -2.12. The van der Waals surface area contributed by atoms with Gasteiger partial charge in [-0.3, -0.25) is 9.63 Å². The smallest absolute Gasteiger partial charge is 0.251 e. The maximum Gasteiger partial charge on any atom is 0.251 e. The van der Waals surface area contributed by atoms with E-state index in [9.17, 15) is 4.79 Å². The van der Waals surface area contributed by atoms with Crippen LogP contribution in [0.4, 0.5) is 0 Å². The molecular formula is C28H55NO3Si2. The number of carbonyl (C=O) groups excluding carboxylic acids is 1. The van der Waals surface area contributed by atoms with Crippen molar-refractivity contribution in [2.24, 2.45) is 11.8 Å². The van der Waals surface area contributed by atoms with E-state index in [-0.39, 0.29) is 28.9 Å². The fourth-order valence-corrected chi connectivity index (χ4v) is 11.6. The van der Waals surface area contributed by atoms with Crippen molar-refractivity contribution in [2.75, 3.05) is 14.2 Å². The Labute approximate surface area is 214 Å². The van der Waals surface area contributed by atoms with Gasteiger partial charge in [-0.1, -0.05) is 75.3 Å². The molecule has 0 aromatic heterocycles. The number of rotatable bonds is 12. The third-order valence-electron chi connectivity index (χ3n) is 8.01. The van der Waals surface area contributed by atoms with E-state index < -0.39 is 16.4 Å². The summed E-state index contributed by atoms with van der Waals surface area (Å²) in [6.45, 7) is 31.4. The first kappa shape index (κ1) is 33.1. The van der Waals surface area contributed by atoms with Crippen LogP contribution in [0, 0.1) is 23.3 Å². The Balaban J connectivity index is 6.33. The lowest BCUT2D eigenvalue weighted by molar-refractivity contribution is -0.176. The molecule has 198 valence electrons. The van der Waals surface area contributed by atoms with Crippen molar-refractivity contribution in [3.05, 3.63) is 12.7 Å². The highest BCUT2D eigenvalue weighted by Crippen LogP contribution is 2.42. The van der Waals surface area contributed by atoms with E-state index in [2.05, 4.69) is 100 Å². The second kappa shape index (κ2) is 13.4. The fourth-order valence-electron chi connectivity index (χ4n) is 4.85. The molecule has 0 fully saturated rings. The van der Waals surface area contributed by atoms with Gasteiger partial charge < -0.3 is 4.43 Å². The van der Waals surface area contributed by atoms with Crippen LogP contribution in [0.2, 0.25) is 34.8 Å². The topological polar surface area (TPSA) is 38.8 Å². The first-order valence-corrected chi connectivity index (χ1v) is 18.2. The first-order valence-electron chi connectivity index (χ1n) is 13.0. The predicted octanol–water partition coefficient (Wildman–Crippen LogP) is 7.84. The number of amides is 1. The normalized spacial score (nSPS) is 15.7. The Bertz CT molecular complexity index is 692. The molecule has 1 amide bonds. The molecule has 34 heavy (non-hydrogen) atoms. The Morgan fingerprint density at radius 3 is 1.85 bits per heavy atom. The van der Waals surface area contributed by atoms with Crippen LogP contribution in [0.5, 0.6) is 0 Å². The number of hydroxylamine groups is 2. The van der Waals surface area contributed by atoms with Gasteiger partial charge in [0.25, 0.3) is 5.91 Å². The van der Waals surface area contributed by atoms with Crippen molar-refractivity contribution < 1.29 is 14.1 Å². The number of carbonyl (C=O) groups is 1. The molecular weight excluding hydrogens is 454 g/mol. The van der Waals surface area contributed by atoms with Gasteiger partial charge in [0.15, 0.2) is 8.32 Å². The maximum absolute atomic E-state index is 13.3.